The van der Waals surface area contributed by atoms with Gasteiger partial charge in [-0.05, 0) is 19.8 Å². The van der Waals surface area contributed by atoms with Crippen LogP contribution in [-0.2, 0) is 32.2 Å². The van der Waals surface area contributed by atoms with Crippen LogP contribution in [0.4, 0.5) is 11.8 Å². The highest BCUT2D eigenvalue weighted by molar-refractivity contribution is 8.44. The van der Waals surface area contributed by atoms with Crippen molar-refractivity contribution in [2.45, 2.75) is 57.0 Å². The van der Waals surface area contributed by atoms with Crippen LogP contribution < -0.4 is 22.7 Å². The fourth-order valence-corrected chi connectivity index (χ4v) is 6.72. The van der Waals surface area contributed by atoms with E-state index in [4.69, 9.17) is 34.5 Å². The number of imidazole rings is 1. The maximum atomic E-state index is 13.2. The molecule has 2 unspecified atom stereocenters. The van der Waals surface area contributed by atoms with E-state index in [2.05, 4.69) is 44.4 Å². The summed E-state index contributed by atoms with van der Waals surface area (Å²) in [6.45, 7) is -7.19. The van der Waals surface area contributed by atoms with E-state index in [9.17, 15) is 23.6 Å². The average molecular weight is 667 g/mol. The molecule has 0 aromatic carbocycles. The van der Waals surface area contributed by atoms with Gasteiger partial charge in [-0.15, -0.1) is 0 Å². The van der Waals surface area contributed by atoms with Crippen molar-refractivity contribution in [1.82, 2.24) is 29.1 Å². The molecule has 2 saturated heterocycles. The number of hydrogen-bond donors (Lipinski definition) is 6. The third-order valence-corrected chi connectivity index (χ3v) is 9.08. The number of anilines is 2. The highest BCUT2D eigenvalue weighted by Gasteiger charge is 2.43. The van der Waals surface area contributed by atoms with Crippen LogP contribution in [0.2, 0.25) is 0 Å². The van der Waals surface area contributed by atoms with Gasteiger partial charge in [-0.1, -0.05) is 24.5 Å². The molecular weight excluding hydrogens is 638 g/mol. The fourth-order valence-electron chi connectivity index (χ4n) is 4.63. The van der Waals surface area contributed by atoms with Gasteiger partial charge in [-0.3, -0.25) is 32.5 Å². The predicted octanol–water partition coefficient (Wildman–Crippen LogP) is 1.30. The Balaban J connectivity index is 1.26. The van der Waals surface area contributed by atoms with Crippen molar-refractivity contribution in [2.24, 2.45) is 0 Å². The largest absolute Gasteiger partial charge is 0.386 e. The molecule has 5 heterocycles. The summed E-state index contributed by atoms with van der Waals surface area (Å²) < 4.78 is 55.6. The minimum Gasteiger partial charge on any atom is -0.383 e. The lowest BCUT2D eigenvalue weighted by Gasteiger charge is -2.23. The molecule has 0 amide bonds. The van der Waals surface area contributed by atoms with E-state index in [1.807, 2.05) is 0 Å². The Labute approximate surface area is 247 Å². The highest BCUT2D eigenvalue weighted by Crippen LogP contribution is 2.57. The third-order valence-electron chi connectivity index (χ3n) is 6.61. The van der Waals surface area contributed by atoms with Gasteiger partial charge in [-0.2, -0.15) is 9.97 Å². The van der Waals surface area contributed by atoms with Crippen LogP contribution in [0.15, 0.2) is 22.1 Å². The van der Waals surface area contributed by atoms with E-state index >= 15 is 0 Å². The third kappa shape index (κ3) is 7.10. The number of aromatic nitrogens is 6. The van der Waals surface area contributed by atoms with Gasteiger partial charge < -0.3 is 25.8 Å². The smallest absolute Gasteiger partial charge is 0.383 e. The first-order chi connectivity index (χ1) is 19.7. The molecule has 6 N–H and O–H groups in total. The van der Waals surface area contributed by atoms with Crippen molar-refractivity contribution in [3.8, 4) is 0 Å². The second-order valence-corrected chi connectivity index (χ2v) is 15.3. The number of H-pyrrole nitrogens is 1. The molecular formula is C20H28N8O10P2S2. The number of fused-ring (bicyclic) bond motifs is 1. The van der Waals surface area contributed by atoms with Crippen molar-refractivity contribution in [3.05, 3.63) is 38.9 Å². The number of thiol groups is 2. The lowest BCUT2D eigenvalue weighted by molar-refractivity contribution is -0.0394. The summed E-state index contributed by atoms with van der Waals surface area (Å²) in [7, 11) is 0. The summed E-state index contributed by atoms with van der Waals surface area (Å²) in [4.78, 5) is 48.2. The van der Waals surface area contributed by atoms with Crippen LogP contribution in [0, 0.1) is 6.92 Å². The Kier molecular flexibility index (Phi) is 8.93. The monoisotopic (exact) mass is 666 g/mol. The second-order valence-electron chi connectivity index (χ2n) is 9.62. The Morgan fingerprint density at radius 1 is 1.12 bits per heavy atom. The van der Waals surface area contributed by atoms with Crippen molar-refractivity contribution in [3.63, 3.8) is 0 Å². The van der Waals surface area contributed by atoms with E-state index in [0.717, 1.165) is 0 Å². The lowest BCUT2D eigenvalue weighted by atomic mass is 10.2. The first-order valence-corrected chi connectivity index (χ1v) is 17.9. The van der Waals surface area contributed by atoms with Crippen molar-refractivity contribution in [2.75, 3.05) is 24.7 Å². The SMILES string of the molecule is Cc1cn([C@@H]2CC[C@@H](COP(=O)(S)O[C@@H]3C[C@H](n4cnc5c(=O)[nH]c(N)nc54)O[C@@H]3COP(=O)(O)S)O2)c(=O)nc1N. The minimum atomic E-state index is -4.20. The molecule has 5 rings (SSSR count). The summed E-state index contributed by atoms with van der Waals surface area (Å²) in [5.41, 5.74) is 11.0. The first kappa shape index (κ1) is 31.2. The molecule has 0 bridgehead atoms. The van der Waals surface area contributed by atoms with E-state index in [1.54, 1.807) is 13.1 Å². The van der Waals surface area contributed by atoms with Crippen LogP contribution in [0.3, 0.4) is 0 Å². The number of hydrogen-bond acceptors (Lipinski definition) is 14. The molecule has 2 aliphatic rings. The quantitative estimate of drug-likeness (QED) is 0.132. The van der Waals surface area contributed by atoms with Crippen molar-refractivity contribution < 1.29 is 37.1 Å². The van der Waals surface area contributed by atoms with Gasteiger partial charge >= 0.3 is 19.3 Å². The van der Waals surface area contributed by atoms with Gasteiger partial charge in [0.25, 0.3) is 5.56 Å². The maximum Gasteiger partial charge on any atom is 0.386 e. The molecule has 0 aliphatic carbocycles. The second kappa shape index (κ2) is 12.0. The zero-order valence-corrected chi connectivity index (χ0v) is 25.5. The summed E-state index contributed by atoms with van der Waals surface area (Å²) >= 11 is 7.60. The summed E-state index contributed by atoms with van der Waals surface area (Å²) in [6, 6.07) is 0. The molecule has 7 atom stereocenters. The number of aromatic amines is 1. The summed E-state index contributed by atoms with van der Waals surface area (Å²) in [5, 5.41) is 0. The van der Waals surface area contributed by atoms with Gasteiger partial charge in [0, 0.05) is 18.2 Å². The van der Waals surface area contributed by atoms with E-state index in [0.29, 0.717) is 18.4 Å². The minimum absolute atomic E-state index is 0.00503. The number of aryl methyl sites for hydroxylation is 1. The van der Waals surface area contributed by atoms with Gasteiger partial charge in [0.15, 0.2) is 11.2 Å². The standard InChI is InChI=1S/C20H28N8O10P2S2/c1-9-5-27(20(30)24-16(9)21)13-3-2-10(36-13)6-35-40(33,42)38-11-4-14(37-12(11)7-34-39(31,32)41)28-8-23-15-17(28)25-19(22)26-18(15)29/h5,8,10-14H,2-4,6-7H2,1H3,(H,33,42)(H2,21,24,30)(H2,31,32,41)(H3,22,25,26,29)/t10-,11+,12+,13-,14+,40?/m0/s1. The summed E-state index contributed by atoms with van der Waals surface area (Å²) in [5.74, 6) is -0.0101. The van der Waals surface area contributed by atoms with Gasteiger partial charge in [0.1, 0.15) is 30.5 Å². The molecule has 3 aromatic rings. The number of nitrogens with two attached hydrogens (primary N) is 2. The molecule has 18 nitrogen and oxygen atoms in total. The number of nitrogens with zero attached hydrogens (tertiary/aromatic N) is 5. The molecule has 0 radical (unpaired) electrons. The van der Waals surface area contributed by atoms with Crippen molar-refractivity contribution in [1.29, 1.82) is 0 Å². The Morgan fingerprint density at radius 3 is 2.62 bits per heavy atom. The normalized spacial score (nSPS) is 27.3. The zero-order chi connectivity index (χ0) is 30.4. The van der Waals surface area contributed by atoms with E-state index < -0.39 is 62.2 Å². The van der Waals surface area contributed by atoms with Crippen molar-refractivity contribution >= 4 is 61.0 Å². The lowest BCUT2D eigenvalue weighted by Crippen LogP contribution is -2.29. The molecule has 2 aliphatic heterocycles. The average Bonchev–Trinajstić information content (AvgIpc) is 3.62. The Bertz CT molecular complexity index is 1700. The topological polar surface area (TPSA) is 251 Å². The number of nitrogens with one attached hydrogen (secondary N) is 1. The Morgan fingerprint density at radius 2 is 1.88 bits per heavy atom. The Hall–Kier alpha value is -2.25. The molecule has 0 spiro atoms. The van der Waals surface area contributed by atoms with Crippen LogP contribution in [0.1, 0.15) is 37.3 Å². The van der Waals surface area contributed by atoms with Crippen LogP contribution in [-0.4, -0.2) is 65.5 Å². The molecule has 22 heteroatoms. The molecule has 0 saturated carbocycles. The molecule has 230 valence electrons. The fraction of sp³-hybridized carbons (Fsp3) is 0.550. The zero-order valence-electron chi connectivity index (χ0n) is 21.9. The van der Waals surface area contributed by atoms with Gasteiger partial charge in [0.05, 0.1) is 25.6 Å². The maximum absolute atomic E-state index is 13.2. The van der Waals surface area contributed by atoms with E-state index in [1.165, 1.54) is 15.5 Å². The number of rotatable bonds is 10. The van der Waals surface area contributed by atoms with Gasteiger partial charge in [0.2, 0.25) is 5.95 Å². The van der Waals surface area contributed by atoms with Crippen LogP contribution >= 0.6 is 38.1 Å². The molecule has 3 aromatic heterocycles. The van der Waals surface area contributed by atoms with Crippen LogP contribution in [0.5, 0.6) is 0 Å². The number of ether oxygens (including phenoxy) is 2. The molecule has 2 fully saturated rings. The summed E-state index contributed by atoms with van der Waals surface area (Å²) in [6.07, 6.45) is -0.245. The highest BCUT2D eigenvalue weighted by atomic mass is 32.7. The van der Waals surface area contributed by atoms with E-state index in [-0.39, 0.29) is 36.0 Å². The predicted molar refractivity (Wildman–Crippen MR) is 154 cm³/mol. The van der Waals surface area contributed by atoms with Gasteiger partial charge in [-0.25, -0.2) is 18.9 Å². The first-order valence-electron chi connectivity index (χ1n) is 12.4. The molecule has 42 heavy (non-hydrogen) atoms. The van der Waals surface area contributed by atoms with Crippen LogP contribution in [0.25, 0.3) is 11.2 Å². The number of nitrogen functional groups attached to an aromatic ring is 2.